The van der Waals surface area contributed by atoms with Gasteiger partial charge in [-0.3, -0.25) is 4.68 Å². The van der Waals surface area contributed by atoms with Crippen molar-refractivity contribution in [3.63, 3.8) is 0 Å². The van der Waals surface area contributed by atoms with Crippen LogP contribution in [0.3, 0.4) is 0 Å². The van der Waals surface area contributed by atoms with Crippen molar-refractivity contribution in [2.75, 3.05) is 7.11 Å². The Morgan fingerprint density at radius 3 is 2.71 bits per heavy atom. The lowest BCUT2D eigenvalue weighted by Crippen LogP contribution is -2.03. The van der Waals surface area contributed by atoms with Gasteiger partial charge in [-0.05, 0) is 19.9 Å². The number of hydrogen-bond donors (Lipinski definition) is 0. The average molecular weight is 286 g/mol. The SMILES string of the molecule is COC(=O)c1cc(-c2cn(C)nc2C)nc2onc(C)c12. The number of esters is 1. The fraction of sp³-hybridized carbons (Fsp3) is 0.286. The van der Waals surface area contributed by atoms with Crippen LogP contribution in [-0.2, 0) is 11.8 Å². The van der Waals surface area contributed by atoms with Crippen molar-refractivity contribution in [2.24, 2.45) is 7.05 Å². The van der Waals surface area contributed by atoms with Crippen molar-refractivity contribution in [1.82, 2.24) is 19.9 Å². The van der Waals surface area contributed by atoms with Crippen molar-refractivity contribution in [3.8, 4) is 11.3 Å². The van der Waals surface area contributed by atoms with Gasteiger partial charge in [0, 0.05) is 18.8 Å². The second-order valence-corrected chi connectivity index (χ2v) is 4.80. The number of nitrogens with zero attached hydrogens (tertiary/aromatic N) is 4. The van der Waals surface area contributed by atoms with Gasteiger partial charge in [-0.2, -0.15) is 5.10 Å². The van der Waals surface area contributed by atoms with E-state index in [9.17, 15) is 4.79 Å². The van der Waals surface area contributed by atoms with E-state index in [-0.39, 0.29) is 0 Å². The molecule has 7 heteroatoms. The smallest absolute Gasteiger partial charge is 0.338 e. The van der Waals surface area contributed by atoms with Crippen molar-refractivity contribution in [1.29, 1.82) is 0 Å². The molecule has 108 valence electrons. The van der Waals surface area contributed by atoms with E-state index in [2.05, 4.69) is 15.2 Å². The maximum atomic E-state index is 12.0. The van der Waals surface area contributed by atoms with Crippen LogP contribution in [0.25, 0.3) is 22.4 Å². The van der Waals surface area contributed by atoms with Crippen molar-refractivity contribution < 1.29 is 14.1 Å². The van der Waals surface area contributed by atoms with E-state index < -0.39 is 5.97 Å². The fourth-order valence-corrected chi connectivity index (χ4v) is 2.35. The summed E-state index contributed by atoms with van der Waals surface area (Å²) >= 11 is 0. The standard InChI is InChI=1S/C14H14N4O3/c1-7-10(6-18(3)16-7)11-5-9(14(19)20-4)12-8(2)17-21-13(12)15-11/h5-6H,1-4H3. The van der Waals surface area contributed by atoms with E-state index in [1.807, 2.05) is 20.2 Å². The van der Waals surface area contributed by atoms with E-state index in [0.717, 1.165) is 11.3 Å². The number of pyridine rings is 1. The Bertz CT molecular complexity index is 847. The number of rotatable bonds is 2. The van der Waals surface area contributed by atoms with Crippen LogP contribution in [0.1, 0.15) is 21.7 Å². The zero-order valence-corrected chi connectivity index (χ0v) is 12.2. The minimum Gasteiger partial charge on any atom is -0.465 e. The number of ether oxygens (including phenoxy) is 1. The Morgan fingerprint density at radius 1 is 1.33 bits per heavy atom. The molecule has 0 atom stereocenters. The normalized spacial score (nSPS) is 11.0. The number of aromatic nitrogens is 4. The second kappa shape index (κ2) is 4.69. The van der Waals surface area contributed by atoms with Crippen LogP contribution < -0.4 is 0 Å². The molecule has 0 fully saturated rings. The molecule has 3 rings (SSSR count). The first-order valence-electron chi connectivity index (χ1n) is 6.37. The predicted molar refractivity (Wildman–Crippen MR) is 74.8 cm³/mol. The first kappa shape index (κ1) is 13.3. The van der Waals surface area contributed by atoms with Gasteiger partial charge in [0.15, 0.2) is 0 Å². The number of methoxy groups -OCH3 is 1. The predicted octanol–water partition coefficient (Wildman–Crippen LogP) is 2.03. The number of carbonyl (C=O) groups excluding carboxylic acids is 1. The third-order valence-corrected chi connectivity index (χ3v) is 3.31. The van der Waals surface area contributed by atoms with Crippen LogP contribution in [0.2, 0.25) is 0 Å². The Balaban J connectivity index is 2.31. The summed E-state index contributed by atoms with van der Waals surface area (Å²) in [6.45, 7) is 3.64. The van der Waals surface area contributed by atoms with Crippen LogP contribution in [0, 0.1) is 13.8 Å². The molecule has 0 spiro atoms. The van der Waals surface area contributed by atoms with E-state index in [4.69, 9.17) is 9.26 Å². The zero-order chi connectivity index (χ0) is 15.1. The summed E-state index contributed by atoms with van der Waals surface area (Å²) in [5.41, 5.74) is 3.56. The molecular formula is C14H14N4O3. The van der Waals surface area contributed by atoms with E-state index in [0.29, 0.717) is 28.1 Å². The minimum absolute atomic E-state index is 0.314. The quantitative estimate of drug-likeness (QED) is 0.670. The highest BCUT2D eigenvalue weighted by Crippen LogP contribution is 2.28. The minimum atomic E-state index is -0.448. The molecule has 7 nitrogen and oxygen atoms in total. The van der Waals surface area contributed by atoms with Crippen LogP contribution in [0.4, 0.5) is 0 Å². The summed E-state index contributed by atoms with van der Waals surface area (Å²) in [6.07, 6.45) is 1.84. The Hall–Kier alpha value is -2.70. The van der Waals surface area contributed by atoms with Gasteiger partial charge in [-0.25, -0.2) is 9.78 Å². The van der Waals surface area contributed by atoms with Crippen LogP contribution in [0.15, 0.2) is 16.8 Å². The van der Waals surface area contributed by atoms with Gasteiger partial charge in [0.05, 0.1) is 35.1 Å². The highest BCUT2D eigenvalue weighted by Gasteiger charge is 2.20. The Kier molecular flexibility index (Phi) is 2.97. The van der Waals surface area contributed by atoms with Gasteiger partial charge in [-0.15, -0.1) is 0 Å². The summed E-state index contributed by atoms with van der Waals surface area (Å²) in [4.78, 5) is 16.4. The lowest BCUT2D eigenvalue weighted by Gasteiger charge is -2.04. The molecule has 0 radical (unpaired) electrons. The van der Waals surface area contributed by atoms with Crippen molar-refractivity contribution in [3.05, 3.63) is 29.2 Å². The van der Waals surface area contributed by atoms with Gasteiger partial charge >= 0.3 is 5.97 Å². The molecule has 3 aromatic heterocycles. The highest BCUT2D eigenvalue weighted by molar-refractivity contribution is 6.04. The van der Waals surface area contributed by atoms with Crippen molar-refractivity contribution in [2.45, 2.75) is 13.8 Å². The molecule has 3 heterocycles. The number of carbonyl (C=O) groups is 1. The topological polar surface area (TPSA) is 83.0 Å². The highest BCUT2D eigenvalue weighted by atomic mass is 16.5. The molecule has 0 aliphatic carbocycles. The van der Waals surface area contributed by atoms with Crippen LogP contribution in [-0.4, -0.2) is 33.0 Å². The van der Waals surface area contributed by atoms with Gasteiger partial charge in [-0.1, -0.05) is 5.16 Å². The van der Waals surface area contributed by atoms with Gasteiger partial charge in [0.2, 0.25) is 0 Å². The van der Waals surface area contributed by atoms with E-state index in [1.54, 1.807) is 17.7 Å². The molecule has 3 aromatic rings. The monoisotopic (exact) mass is 286 g/mol. The van der Waals surface area contributed by atoms with Crippen LogP contribution in [0.5, 0.6) is 0 Å². The fourth-order valence-electron chi connectivity index (χ4n) is 2.35. The molecule has 0 bridgehead atoms. The molecule has 0 saturated carbocycles. The maximum Gasteiger partial charge on any atom is 0.338 e. The maximum absolute atomic E-state index is 12.0. The number of fused-ring (bicyclic) bond motifs is 1. The molecule has 0 aromatic carbocycles. The molecule has 0 saturated heterocycles. The van der Waals surface area contributed by atoms with Gasteiger partial charge in [0.1, 0.15) is 0 Å². The molecule has 0 aliphatic heterocycles. The van der Waals surface area contributed by atoms with Gasteiger partial charge in [0.25, 0.3) is 5.71 Å². The summed E-state index contributed by atoms with van der Waals surface area (Å²) in [7, 11) is 3.17. The first-order chi connectivity index (χ1) is 10.0. The molecule has 0 amide bonds. The molecule has 0 unspecified atom stereocenters. The first-order valence-corrected chi connectivity index (χ1v) is 6.37. The lowest BCUT2D eigenvalue weighted by molar-refractivity contribution is 0.0603. The number of aryl methyl sites for hydroxylation is 3. The van der Waals surface area contributed by atoms with Crippen LogP contribution >= 0.6 is 0 Å². The van der Waals surface area contributed by atoms with Crippen molar-refractivity contribution >= 4 is 17.1 Å². The average Bonchev–Trinajstić information content (AvgIpc) is 3.00. The Morgan fingerprint density at radius 2 is 2.10 bits per heavy atom. The summed E-state index contributed by atoms with van der Waals surface area (Å²) in [5.74, 6) is -0.448. The molecular weight excluding hydrogens is 272 g/mol. The third-order valence-electron chi connectivity index (χ3n) is 3.31. The third kappa shape index (κ3) is 2.06. The molecule has 0 aliphatic rings. The molecule has 0 N–H and O–H groups in total. The largest absolute Gasteiger partial charge is 0.465 e. The van der Waals surface area contributed by atoms with E-state index >= 15 is 0 Å². The summed E-state index contributed by atoms with van der Waals surface area (Å²) in [5, 5.41) is 8.73. The summed E-state index contributed by atoms with van der Waals surface area (Å²) < 4.78 is 11.7. The lowest BCUT2D eigenvalue weighted by atomic mass is 10.1. The summed E-state index contributed by atoms with van der Waals surface area (Å²) in [6, 6.07) is 1.68. The van der Waals surface area contributed by atoms with E-state index in [1.165, 1.54) is 7.11 Å². The van der Waals surface area contributed by atoms with Gasteiger partial charge < -0.3 is 9.26 Å². The number of hydrogen-bond acceptors (Lipinski definition) is 6. The second-order valence-electron chi connectivity index (χ2n) is 4.80. The Labute approximate surface area is 120 Å². The zero-order valence-electron chi connectivity index (χ0n) is 12.2. The molecule has 21 heavy (non-hydrogen) atoms.